The van der Waals surface area contributed by atoms with Gasteiger partial charge in [-0.05, 0) is 12.8 Å². The predicted molar refractivity (Wildman–Crippen MR) is 77.1 cm³/mol. The van der Waals surface area contributed by atoms with Crippen molar-refractivity contribution in [2.24, 2.45) is 11.7 Å². The summed E-state index contributed by atoms with van der Waals surface area (Å²) in [5.41, 5.74) is 5.68. The number of hydrogen-bond donors (Lipinski definition) is 1. The van der Waals surface area contributed by atoms with E-state index >= 15 is 0 Å². The molecule has 18 heavy (non-hydrogen) atoms. The van der Waals surface area contributed by atoms with Crippen LogP contribution in [0.25, 0.3) is 0 Å². The van der Waals surface area contributed by atoms with Crippen LogP contribution in [0.15, 0.2) is 12.4 Å². The van der Waals surface area contributed by atoms with Gasteiger partial charge in [-0.2, -0.15) is 0 Å². The largest absolute Gasteiger partial charge is 0.359 e. The summed E-state index contributed by atoms with van der Waals surface area (Å²) in [6, 6.07) is 2.28. The van der Waals surface area contributed by atoms with E-state index < -0.39 is 0 Å². The lowest BCUT2D eigenvalue weighted by molar-refractivity contribution is 0.633. The highest BCUT2D eigenvalue weighted by molar-refractivity contribution is 5.49. The van der Waals surface area contributed by atoms with Crippen molar-refractivity contribution in [2.45, 2.75) is 26.8 Å². The Bertz CT molecular complexity index is 366. The highest BCUT2D eigenvalue weighted by atomic mass is 15.2. The Morgan fingerprint density at radius 2 is 1.78 bits per heavy atom. The van der Waals surface area contributed by atoms with E-state index in [-0.39, 0.29) is 6.04 Å². The number of nitrogens with zero attached hydrogens (tertiary/aromatic N) is 4. The molecular weight excluding hydrogens is 226 g/mol. The van der Waals surface area contributed by atoms with Crippen LogP contribution in [0.4, 0.5) is 11.6 Å². The van der Waals surface area contributed by atoms with Crippen LogP contribution >= 0.6 is 0 Å². The lowest BCUT2D eigenvalue weighted by atomic mass is 10.2. The fourth-order valence-electron chi connectivity index (χ4n) is 1.76. The van der Waals surface area contributed by atoms with E-state index in [0.717, 1.165) is 18.2 Å². The third-order valence-corrected chi connectivity index (χ3v) is 3.03. The lowest BCUT2D eigenvalue weighted by Crippen LogP contribution is -2.36. The zero-order valence-corrected chi connectivity index (χ0v) is 12.1. The number of likely N-dealkylation sites (N-methyl/N-ethyl adjacent to an activating group) is 1. The second-order valence-electron chi connectivity index (χ2n) is 5.20. The first-order chi connectivity index (χ1) is 8.45. The SMILES string of the molecule is CC(C)CN(C)c1cc(N(C)C(C)CN)ncn1. The van der Waals surface area contributed by atoms with Gasteiger partial charge < -0.3 is 15.5 Å². The molecule has 0 spiro atoms. The first kappa shape index (κ1) is 14.7. The molecule has 0 saturated heterocycles. The van der Waals surface area contributed by atoms with E-state index in [0.29, 0.717) is 12.5 Å². The van der Waals surface area contributed by atoms with Crippen molar-refractivity contribution in [3.8, 4) is 0 Å². The molecule has 0 bridgehead atoms. The number of aromatic nitrogens is 2. The van der Waals surface area contributed by atoms with Crippen molar-refractivity contribution in [1.82, 2.24) is 9.97 Å². The summed E-state index contributed by atoms with van der Waals surface area (Å²) in [4.78, 5) is 12.8. The van der Waals surface area contributed by atoms with Crippen molar-refractivity contribution < 1.29 is 0 Å². The van der Waals surface area contributed by atoms with E-state index in [1.54, 1.807) is 6.33 Å². The van der Waals surface area contributed by atoms with Crippen molar-refractivity contribution in [1.29, 1.82) is 0 Å². The molecule has 1 heterocycles. The molecule has 1 aromatic heterocycles. The summed E-state index contributed by atoms with van der Waals surface area (Å²) < 4.78 is 0. The van der Waals surface area contributed by atoms with Crippen molar-refractivity contribution in [2.75, 3.05) is 37.0 Å². The Labute approximate surface area is 110 Å². The fraction of sp³-hybridized carbons (Fsp3) is 0.692. The number of hydrogen-bond acceptors (Lipinski definition) is 5. The molecule has 0 aromatic carbocycles. The van der Waals surface area contributed by atoms with Crippen LogP contribution in [0.3, 0.4) is 0 Å². The van der Waals surface area contributed by atoms with Crippen LogP contribution in [-0.4, -0.2) is 43.2 Å². The van der Waals surface area contributed by atoms with E-state index in [9.17, 15) is 0 Å². The smallest absolute Gasteiger partial charge is 0.134 e. The summed E-state index contributed by atoms with van der Waals surface area (Å²) in [5, 5.41) is 0. The highest BCUT2D eigenvalue weighted by Gasteiger charge is 2.12. The Morgan fingerprint density at radius 1 is 1.17 bits per heavy atom. The minimum atomic E-state index is 0.267. The molecule has 1 unspecified atom stereocenters. The molecule has 0 radical (unpaired) electrons. The Hall–Kier alpha value is -1.36. The van der Waals surface area contributed by atoms with Gasteiger partial charge in [0.05, 0.1) is 0 Å². The molecule has 1 aromatic rings. The number of anilines is 2. The van der Waals surface area contributed by atoms with Gasteiger partial charge in [-0.25, -0.2) is 9.97 Å². The third kappa shape index (κ3) is 3.84. The predicted octanol–water partition coefficient (Wildman–Crippen LogP) is 1.35. The molecule has 0 aliphatic carbocycles. The molecule has 5 nitrogen and oxygen atoms in total. The summed E-state index contributed by atoms with van der Waals surface area (Å²) in [5.74, 6) is 2.47. The average molecular weight is 251 g/mol. The molecule has 0 aliphatic rings. The van der Waals surface area contributed by atoms with E-state index in [4.69, 9.17) is 5.73 Å². The summed E-state index contributed by atoms with van der Waals surface area (Å²) in [6.07, 6.45) is 1.61. The minimum Gasteiger partial charge on any atom is -0.359 e. The van der Waals surface area contributed by atoms with Crippen LogP contribution in [0.1, 0.15) is 20.8 Å². The van der Waals surface area contributed by atoms with Crippen molar-refractivity contribution >= 4 is 11.6 Å². The van der Waals surface area contributed by atoms with Gasteiger partial charge >= 0.3 is 0 Å². The third-order valence-electron chi connectivity index (χ3n) is 3.03. The summed E-state index contributed by atoms with van der Waals surface area (Å²) in [6.45, 7) is 8.06. The summed E-state index contributed by atoms with van der Waals surface area (Å²) >= 11 is 0. The van der Waals surface area contributed by atoms with Crippen LogP contribution in [-0.2, 0) is 0 Å². The van der Waals surface area contributed by atoms with E-state index in [1.165, 1.54) is 0 Å². The van der Waals surface area contributed by atoms with Crippen LogP contribution < -0.4 is 15.5 Å². The Morgan fingerprint density at radius 3 is 2.33 bits per heavy atom. The van der Waals surface area contributed by atoms with Gasteiger partial charge in [0.2, 0.25) is 0 Å². The number of nitrogens with two attached hydrogens (primary N) is 1. The maximum Gasteiger partial charge on any atom is 0.134 e. The standard InChI is InChI=1S/C13H25N5/c1-10(2)8-17(4)12-6-13(16-9-15-12)18(5)11(3)7-14/h6,9-11H,7-8,14H2,1-5H3. The van der Waals surface area contributed by atoms with Gasteiger partial charge in [-0.3, -0.25) is 0 Å². The average Bonchev–Trinajstić information content (AvgIpc) is 2.36. The van der Waals surface area contributed by atoms with E-state index in [1.807, 2.05) is 13.1 Å². The molecule has 0 fully saturated rings. The molecule has 0 saturated carbocycles. The van der Waals surface area contributed by atoms with Gasteiger partial charge in [0, 0.05) is 39.3 Å². The second kappa shape index (κ2) is 6.54. The first-order valence-electron chi connectivity index (χ1n) is 6.41. The molecule has 0 aliphatic heterocycles. The summed E-state index contributed by atoms with van der Waals surface area (Å²) in [7, 11) is 4.06. The van der Waals surface area contributed by atoms with Gasteiger partial charge in [0.25, 0.3) is 0 Å². The second-order valence-corrected chi connectivity index (χ2v) is 5.20. The number of rotatable bonds is 6. The molecular formula is C13H25N5. The van der Waals surface area contributed by atoms with Crippen LogP contribution in [0, 0.1) is 5.92 Å². The van der Waals surface area contributed by atoms with Gasteiger partial charge in [-0.1, -0.05) is 13.8 Å². The minimum absolute atomic E-state index is 0.267. The Kier molecular flexibility index (Phi) is 5.34. The molecule has 5 heteroatoms. The van der Waals surface area contributed by atoms with Gasteiger partial charge in [-0.15, -0.1) is 0 Å². The van der Waals surface area contributed by atoms with Crippen LogP contribution in [0.2, 0.25) is 0 Å². The van der Waals surface area contributed by atoms with Gasteiger partial charge in [0.15, 0.2) is 0 Å². The fourth-order valence-corrected chi connectivity index (χ4v) is 1.76. The maximum atomic E-state index is 5.68. The quantitative estimate of drug-likeness (QED) is 0.827. The molecule has 1 atom stereocenters. The van der Waals surface area contributed by atoms with Crippen molar-refractivity contribution in [3.63, 3.8) is 0 Å². The topological polar surface area (TPSA) is 58.3 Å². The monoisotopic (exact) mass is 251 g/mol. The Balaban J connectivity index is 2.85. The lowest BCUT2D eigenvalue weighted by Gasteiger charge is -2.26. The maximum absolute atomic E-state index is 5.68. The normalized spacial score (nSPS) is 12.6. The molecule has 0 amide bonds. The van der Waals surface area contributed by atoms with Crippen molar-refractivity contribution in [3.05, 3.63) is 12.4 Å². The molecule has 2 N–H and O–H groups in total. The zero-order valence-electron chi connectivity index (χ0n) is 12.1. The van der Waals surface area contributed by atoms with E-state index in [2.05, 4.69) is 47.6 Å². The molecule has 102 valence electrons. The van der Waals surface area contributed by atoms with Gasteiger partial charge in [0.1, 0.15) is 18.0 Å². The van der Waals surface area contributed by atoms with Crippen LogP contribution in [0.5, 0.6) is 0 Å². The first-order valence-corrected chi connectivity index (χ1v) is 6.41. The zero-order chi connectivity index (χ0) is 13.7. The molecule has 1 rings (SSSR count). The highest BCUT2D eigenvalue weighted by Crippen LogP contribution is 2.17.